The summed E-state index contributed by atoms with van der Waals surface area (Å²) < 4.78 is 0. The normalized spacial score (nSPS) is 26.3. The highest BCUT2D eigenvalue weighted by atomic mass is 16.4. The van der Waals surface area contributed by atoms with Crippen molar-refractivity contribution in [1.29, 1.82) is 0 Å². The van der Waals surface area contributed by atoms with Gasteiger partial charge in [0.25, 0.3) is 0 Å². The van der Waals surface area contributed by atoms with E-state index in [9.17, 15) is 9.90 Å². The maximum atomic E-state index is 11.7. The van der Waals surface area contributed by atoms with Crippen LogP contribution in [0.25, 0.3) is 10.4 Å². The van der Waals surface area contributed by atoms with E-state index in [2.05, 4.69) is 15.3 Å². The SMILES string of the molecule is CC1(C)CCCCC1(NCCCN=[N+]=[N-])C(=O)O. The third-order valence-electron chi connectivity index (χ3n) is 4.05. The molecule has 0 aromatic rings. The quantitative estimate of drug-likeness (QED) is 0.330. The topological polar surface area (TPSA) is 98.1 Å². The van der Waals surface area contributed by atoms with E-state index in [1.807, 2.05) is 13.8 Å². The molecule has 1 unspecified atom stereocenters. The van der Waals surface area contributed by atoms with E-state index in [-0.39, 0.29) is 5.41 Å². The summed E-state index contributed by atoms with van der Waals surface area (Å²) in [5.74, 6) is -0.768. The van der Waals surface area contributed by atoms with Crippen molar-refractivity contribution < 1.29 is 9.90 Å². The molecule has 0 amide bonds. The molecule has 18 heavy (non-hydrogen) atoms. The molecule has 1 rings (SSSR count). The fourth-order valence-corrected chi connectivity index (χ4v) is 2.80. The highest BCUT2D eigenvalue weighted by molar-refractivity contribution is 5.80. The second-order valence-electron chi connectivity index (χ2n) is 5.54. The molecule has 0 aliphatic heterocycles. The number of azide groups is 1. The molecule has 102 valence electrons. The van der Waals surface area contributed by atoms with Crippen LogP contribution >= 0.6 is 0 Å². The first-order chi connectivity index (χ1) is 8.46. The second-order valence-corrected chi connectivity index (χ2v) is 5.54. The summed E-state index contributed by atoms with van der Waals surface area (Å²) in [5, 5.41) is 16.2. The molecule has 0 heterocycles. The van der Waals surface area contributed by atoms with Crippen LogP contribution in [-0.2, 0) is 4.79 Å². The van der Waals surface area contributed by atoms with Crippen LogP contribution in [-0.4, -0.2) is 29.7 Å². The Kier molecular flexibility index (Phi) is 4.99. The van der Waals surface area contributed by atoms with Gasteiger partial charge in [0.15, 0.2) is 0 Å². The van der Waals surface area contributed by atoms with Gasteiger partial charge in [-0.1, -0.05) is 31.8 Å². The molecule has 6 heteroatoms. The molecule has 1 fully saturated rings. The highest BCUT2D eigenvalue weighted by Crippen LogP contribution is 2.44. The number of hydrogen-bond donors (Lipinski definition) is 2. The van der Waals surface area contributed by atoms with E-state index >= 15 is 0 Å². The minimum Gasteiger partial charge on any atom is -0.480 e. The number of carboxylic acids is 1. The molecule has 1 atom stereocenters. The first-order valence-electron chi connectivity index (χ1n) is 6.45. The number of nitrogens with zero attached hydrogens (tertiary/aromatic N) is 3. The summed E-state index contributed by atoms with van der Waals surface area (Å²) in [7, 11) is 0. The summed E-state index contributed by atoms with van der Waals surface area (Å²) in [4.78, 5) is 14.3. The van der Waals surface area contributed by atoms with Crippen LogP contribution in [0.2, 0.25) is 0 Å². The van der Waals surface area contributed by atoms with Crippen LogP contribution in [0.3, 0.4) is 0 Å². The standard InChI is InChI=1S/C12H22N4O2/c1-11(2)6-3-4-7-12(11,10(17)18)14-8-5-9-15-16-13/h14H,3-9H2,1-2H3,(H,17,18). The van der Waals surface area contributed by atoms with Gasteiger partial charge in [0, 0.05) is 11.5 Å². The summed E-state index contributed by atoms with van der Waals surface area (Å²) in [6.45, 7) is 5.00. The first-order valence-corrected chi connectivity index (χ1v) is 6.45. The summed E-state index contributed by atoms with van der Waals surface area (Å²) in [6, 6.07) is 0. The van der Waals surface area contributed by atoms with E-state index in [1.165, 1.54) is 0 Å². The third kappa shape index (κ3) is 2.94. The Balaban J connectivity index is 2.68. The summed E-state index contributed by atoms with van der Waals surface area (Å²) in [6.07, 6.45) is 4.27. The molecule has 0 saturated heterocycles. The van der Waals surface area contributed by atoms with Gasteiger partial charge < -0.3 is 10.4 Å². The van der Waals surface area contributed by atoms with Gasteiger partial charge in [-0.15, -0.1) is 0 Å². The van der Waals surface area contributed by atoms with Crippen molar-refractivity contribution in [3.05, 3.63) is 10.4 Å². The highest BCUT2D eigenvalue weighted by Gasteiger charge is 2.51. The van der Waals surface area contributed by atoms with Crippen LogP contribution in [0, 0.1) is 5.41 Å². The van der Waals surface area contributed by atoms with Crippen LogP contribution in [0.15, 0.2) is 5.11 Å². The Morgan fingerprint density at radius 2 is 2.11 bits per heavy atom. The Labute approximate surface area is 107 Å². The van der Waals surface area contributed by atoms with Crippen molar-refractivity contribution in [3.8, 4) is 0 Å². The van der Waals surface area contributed by atoms with E-state index in [0.717, 1.165) is 19.3 Å². The van der Waals surface area contributed by atoms with Crippen molar-refractivity contribution in [2.75, 3.05) is 13.1 Å². The molecule has 0 spiro atoms. The van der Waals surface area contributed by atoms with Gasteiger partial charge in [-0.2, -0.15) is 0 Å². The molecule has 1 saturated carbocycles. The van der Waals surface area contributed by atoms with E-state index in [0.29, 0.717) is 25.9 Å². The van der Waals surface area contributed by atoms with Gasteiger partial charge in [-0.25, -0.2) is 0 Å². The molecule has 0 radical (unpaired) electrons. The van der Waals surface area contributed by atoms with E-state index < -0.39 is 11.5 Å². The van der Waals surface area contributed by atoms with Gasteiger partial charge in [0.1, 0.15) is 5.54 Å². The molecular formula is C12H22N4O2. The Morgan fingerprint density at radius 3 is 2.67 bits per heavy atom. The zero-order valence-electron chi connectivity index (χ0n) is 11.1. The Hall–Kier alpha value is -1.26. The predicted molar refractivity (Wildman–Crippen MR) is 69.2 cm³/mol. The summed E-state index contributed by atoms with van der Waals surface area (Å²) >= 11 is 0. The molecule has 0 aromatic heterocycles. The monoisotopic (exact) mass is 254 g/mol. The molecule has 1 aliphatic rings. The molecule has 6 nitrogen and oxygen atoms in total. The van der Waals surface area contributed by atoms with E-state index in [1.54, 1.807) is 0 Å². The van der Waals surface area contributed by atoms with E-state index in [4.69, 9.17) is 5.53 Å². The van der Waals surface area contributed by atoms with Gasteiger partial charge in [0.05, 0.1) is 0 Å². The zero-order chi connectivity index (χ0) is 13.6. The van der Waals surface area contributed by atoms with Crippen molar-refractivity contribution in [2.45, 2.75) is 51.5 Å². The fourth-order valence-electron chi connectivity index (χ4n) is 2.80. The smallest absolute Gasteiger partial charge is 0.324 e. The lowest BCUT2D eigenvalue weighted by Crippen LogP contribution is -2.63. The Morgan fingerprint density at radius 1 is 1.44 bits per heavy atom. The van der Waals surface area contributed by atoms with Crippen LogP contribution in [0.4, 0.5) is 0 Å². The Bertz CT molecular complexity index is 350. The summed E-state index contributed by atoms with van der Waals surface area (Å²) in [5.41, 5.74) is 7.08. The number of carbonyl (C=O) groups is 1. The number of hydrogen-bond acceptors (Lipinski definition) is 3. The molecule has 1 aliphatic carbocycles. The van der Waals surface area contributed by atoms with Gasteiger partial charge in [-0.3, -0.25) is 4.79 Å². The van der Waals surface area contributed by atoms with Gasteiger partial charge in [-0.05, 0) is 36.8 Å². The van der Waals surface area contributed by atoms with Crippen LogP contribution < -0.4 is 5.32 Å². The zero-order valence-corrected chi connectivity index (χ0v) is 11.1. The maximum Gasteiger partial charge on any atom is 0.324 e. The minimum atomic E-state index is -0.846. The largest absolute Gasteiger partial charge is 0.480 e. The number of rotatable bonds is 6. The molecule has 0 bridgehead atoms. The third-order valence-corrected chi connectivity index (χ3v) is 4.05. The van der Waals surface area contributed by atoms with Crippen LogP contribution in [0.1, 0.15) is 46.0 Å². The lowest BCUT2D eigenvalue weighted by molar-refractivity contribution is -0.153. The number of aliphatic carboxylic acids is 1. The second kappa shape index (κ2) is 6.07. The predicted octanol–water partition coefficient (Wildman–Crippen LogP) is 2.70. The molecule has 0 aromatic carbocycles. The van der Waals surface area contributed by atoms with Crippen molar-refractivity contribution in [1.82, 2.24) is 5.32 Å². The minimum absolute atomic E-state index is 0.254. The molecule has 2 N–H and O–H groups in total. The molecular weight excluding hydrogens is 232 g/mol. The lowest BCUT2D eigenvalue weighted by Gasteiger charge is -2.47. The fraction of sp³-hybridized carbons (Fsp3) is 0.917. The van der Waals surface area contributed by atoms with Crippen molar-refractivity contribution in [2.24, 2.45) is 10.5 Å². The maximum absolute atomic E-state index is 11.7. The number of nitrogens with one attached hydrogen (secondary N) is 1. The van der Waals surface area contributed by atoms with Crippen molar-refractivity contribution in [3.63, 3.8) is 0 Å². The van der Waals surface area contributed by atoms with Crippen LogP contribution in [0.5, 0.6) is 0 Å². The first kappa shape index (κ1) is 14.8. The average Bonchev–Trinajstić information content (AvgIpc) is 2.30. The van der Waals surface area contributed by atoms with Gasteiger partial charge in [0.2, 0.25) is 0 Å². The van der Waals surface area contributed by atoms with Crippen molar-refractivity contribution >= 4 is 5.97 Å². The number of carboxylic acid groups (broad SMARTS) is 1. The van der Waals surface area contributed by atoms with Gasteiger partial charge >= 0.3 is 5.97 Å². The lowest BCUT2D eigenvalue weighted by atomic mass is 9.63. The average molecular weight is 254 g/mol.